The Kier molecular flexibility index (Phi) is 4.93. The van der Waals surface area contributed by atoms with E-state index in [1.54, 1.807) is 5.69 Å². The van der Waals surface area contributed by atoms with E-state index in [2.05, 4.69) is 68.6 Å². The Balaban J connectivity index is 0.00000176. The van der Waals surface area contributed by atoms with Crippen LogP contribution in [0.15, 0.2) is 24.3 Å². The molecule has 22 heavy (non-hydrogen) atoms. The molecule has 0 spiro atoms. The van der Waals surface area contributed by atoms with E-state index in [1.807, 2.05) is 0 Å². The summed E-state index contributed by atoms with van der Waals surface area (Å²) in [6.07, 6.45) is 3.80. The first-order chi connectivity index (χ1) is 10.1. The SMILES string of the molecule is CCC1(CC)CCn2c(c(C)c3ccccc32)C1N(C)C.Cl. The first-order valence-electron chi connectivity index (χ1n) is 8.30. The molecule has 3 heteroatoms. The molecule has 0 saturated carbocycles. The highest BCUT2D eigenvalue weighted by molar-refractivity contribution is 5.86. The summed E-state index contributed by atoms with van der Waals surface area (Å²) in [4.78, 5) is 2.45. The maximum absolute atomic E-state index is 2.58. The lowest BCUT2D eigenvalue weighted by atomic mass is 9.69. The highest BCUT2D eigenvalue weighted by Gasteiger charge is 2.43. The van der Waals surface area contributed by atoms with Crippen LogP contribution in [0.5, 0.6) is 0 Å². The van der Waals surface area contributed by atoms with Crippen LogP contribution < -0.4 is 0 Å². The molecule has 1 aromatic heterocycles. The molecule has 0 aliphatic carbocycles. The summed E-state index contributed by atoms with van der Waals surface area (Å²) < 4.78 is 2.58. The Labute approximate surface area is 140 Å². The summed E-state index contributed by atoms with van der Waals surface area (Å²) in [7, 11) is 4.50. The Morgan fingerprint density at radius 2 is 1.82 bits per heavy atom. The van der Waals surface area contributed by atoms with Gasteiger partial charge in [0.25, 0.3) is 0 Å². The lowest BCUT2D eigenvalue weighted by molar-refractivity contribution is 0.0514. The molecule has 3 rings (SSSR count). The second kappa shape index (κ2) is 6.25. The van der Waals surface area contributed by atoms with E-state index < -0.39 is 0 Å². The second-order valence-electron chi connectivity index (χ2n) is 6.86. The molecule has 1 unspecified atom stereocenters. The van der Waals surface area contributed by atoms with Gasteiger partial charge in [0.05, 0.1) is 6.04 Å². The lowest BCUT2D eigenvalue weighted by Crippen LogP contribution is -2.42. The Morgan fingerprint density at radius 3 is 2.41 bits per heavy atom. The van der Waals surface area contributed by atoms with Gasteiger partial charge in [-0.3, -0.25) is 0 Å². The molecule has 1 aromatic carbocycles. The van der Waals surface area contributed by atoms with Crippen LogP contribution in [0.4, 0.5) is 0 Å². The molecule has 2 heterocycles. The van der Waals surface area contributed by atoms with E-state index in [1.165, 1.54) is 35.7 Å². The van der Waals surface area contributed by atoms with Gasteiger partial charge in [-0.15, -0.1) is 12.4 Å². The van der Waals surface area contributed by atoms with E-state index in [4.69, 9.17) is 0 Å². The summed E-state index contributed by atoms with van der Waals surface area (Å²) in [5, 5.41) is 1.43. The quantitative estimate of drug-likeness (QED) is 0.756. The number of hydrogen-bond acceptors (Lipinski definition) is 1. The van der Waals surface area contributed by atoms with Crippen LogP contribution in [0.2, 0.25) is 0 Å². The van der Waals surface area contributed by atoms with Crippen molar-refractivity contribution >= 4 is 23.3 Å². The van der Waals surface area contributed by atoms with E-state index >= 15 is 0 Å². The highest BCUT2D eigenvalue weighted by atomic mass is 35.5. The minimum Gasteiger partial charge on any atom is -0.343 e. The van der Waals surface area contributed by atoms with E-state index in [0.717, 1.165) is 6.54 Å². The van der Waals surface area contributed by atoms with Gasteiger partial charge in [0.2, 0.25) is 0 Å². The molecule has 122 valence electrons. The predicted molar refractivity (Wildman–Crippen MR) is 98.0 cm³/mol. The number of nitrogens with zero attached hydrogens (tertiary/aromatic N) is 2. The molecule has 0 radical (unpaired) electrons. The van der Waals surface area contributed by atoms with Gasteiger partial charge in [0.15, 0.2) is 0 Å². The van der Waals surface area contributed by atoms with Crippen LogP contribution in [0.3, 0.4) is 0 Å². The molecule has 0 fully saturated rings. The molecule has 0 bridgehead atoms. The summed E-state index contributed by atoms with van der Waals surface area (Å²) in [5.74, 6) is 0. The minimum absolute atomic E-state index is 0. The van der Waals surface area contributed by atoms with Crippen LogP contribution >= 0.6 is 12.4 Å². The smallest absolute Gasteiger partial charge is 0.0555 e. The first-order valence-corrected chi connectivity index (χ1v) is 8.30. The van der Waals surface area contributed by atoms with Crippen LogP contribution in [0, 0.1) is 12.3 Å². The largest absolute Gasteiger partial charge is 0.343 e. The number of halogens is 1. The molecule has 0 N–H and O–H groups in total. The zero-order valence-electron chi connectivity index (χ0n) is 14.5. The van der Waals surface area contributed by atoms with Crippen LogP contribution in [-0.2, 0) is 6.54 Å². The second-order valence-corrected chi connectivity index (χ2v) is 6.86. The van der Waals surface area contributed by atoms with Gasteiger partial charge >= 0.3 is 0 Å². The highest BCUT2D eigenvalue weighted by Crippen LogP contribution is 2.51. The van der Waals surface area contributed by atoms with Gasteiger partial charge in [-0.1, -0.05) is 32.0 Å². The van der Waals surface area contributed by atoms with Crippen molar-refractivity contribution in [1.29, 1.82) is 0 Å². The maximum atomic E-state index is 2.58. The summed E-state index contributed by atoms with van der Waals surface area (Å²) in [6.45, 7) is 8.21. The van der Waals surface area contributed by atoms with Crippen molar-refractivity contribution in [2.24, 2.45) is 5.41 Å². The molecule has 1 aliphatic heterocycles. The van der Waals surface area contributed by atoms with Crippen LogP contribution in [-0.4, -0.2) is 23.6 Å². The zero-order valence-corrected chi connectivity index (χ0v) is 15.3. The van der Waals surface area contributed by atoms with Gasteiger partial charge < -0.3 is 9.47 Å². The van der Waals surface area contributed by atoms with Gasteiger partial charge in [-0.05, 0) is 57.3 Å². The topological polar surface area (TPSA) is 8.17 Å². The van der Waals surface area contributed by atoms with Crippen molar-refractivity contribution < 1.29 is 0 Å². The number of rotatable bonds is 3. The molecular weight excluding hydrogens is 292 g/mol. The third kappa shape index (κ3) is 2.28. The van der Waals surface area contributed by atoms with Crippen LogP contribution in [0.1, 0.15) is 50.4 Å². The molecule has 0 saturated heterocycles. The fraction of sp³-hybridized carbons (Fsp3) is 0.579. The molecule has 1 aliphatic rings. The number of para-hydroxylation sites is 1. The molecular formula is C19H29ClN2. The Bertz CT molecular complexity index is 653. The van der Waals surface area contributed by atoms with Crippen molar-refractivity contribution in [2.45, 2.75) is 52.6 Å². The van der Waals surface area contributed by atoms with Crippen molar-refractivity contribution in [3.8, 4) is 0 Å². The number of aryl methyl sites for hydroxylation is 2. The van der Waals surface area contributed by atoms with Crippen molar-refractivity contribution in [2.75, 3.05) is 14.1 Å². The van der Waals surface area contributed by atoms with Gasteiger partial charge in [-0.2, -0.15) is 0 Å². The normalized spacial score (nSPS) is 20.0. The average molecular weight is 321 g/mol. The predicted octanol–water partition coefficient (Wildman–Crippen LogP) is 5.18. The minimum atomic E-state index is 0. The van der Waals surface area contributed by atoms with Crippen molar-refractivity contribution in [3.63, 3.8) is 0 Å². The van der Waals surface area contributed by atoms with Gasteiger partial charge in [-0.25, -0.2) is 0 Å². The summed E-state index contributed by atoms with van der Waals surface area (Å²) in [5.41, 5.74) is 4.86. The zero-order chi connectivity index (χ0) is 15.2. The summed E-state index contributed by atoms with van der Waals surface area (Å²) in [6, 6.07) is 9.42. The fourth-order valence-electron chi connectivity index (χ4n) is 4.63. The summed E-state index contributed by atoms with van der Waals surface area (Å²) >= 11 is 0. The van der Waals surface area contributed by atoms with E-state index in [0.29, 0.717) is 11.5 Å². The molecule has 1 atom stereocenters. The van der Waals surface area contributed by atoms with Crippen molar-refractivity contribution in [1.82, 2.24) is 9.47 Å². The average Bonchev–Trinajstić information content (AvgIpc) is 2.79. The van der Waals surface area contributed by atoms with E-state index in [-0.39, 0.29) is 12.4 Å². The monoisotopic (exact) mass is 320 g/mol. The number of hydrogen-bond donors (Lipinski definition) is 0. The lowest BCUT2D eigenvalue weighted by Gasteiger charge is -2.47. The van der Waals surface area contributed by atoms with Gasteiger partial charge in [0.1, 0.15) is 0 Å². The fourth-order valence-corrected chi connectivity index (χ4v) is 4.63. The number of aromatic nitrogens is 1. The van der Waals surface area contributed by atoms with Crippen molar-refractivity contribution in [3.05, 3.63) is 35.5 Å². The van der Waals surface area contributed by atoms with Gasteiger partial charge in [0, 0.05) is 23.1 Å². The first kappa shape index (κ1) is 17.4. The van der Waals surface area contributed by atoms with E-state index in [9.17, 15) is 0 Å². The third-order valence-corrected chi connectivity index (χ3v) is 5.87. The molecule has 2 aromatic rings. The third-order valence-electron chi connectivity index (χ3n) is 5.87. The Hall–Kier alpha value is -0.990. The molecule has 0 amide bonds. The Morgan fingerprint density at radius 1 is 1.18 bits per heavy atom. The standard InChI is InChI=1S/C19H28N2.ClH/c1-6-19(7-2)12-13-21-16-11-9-8-10-15(16)14(3)17(21)18(19)20(4)5;/h8-11,18H,6-7,12-13H2,1-5H3;1H. The number of fused-ring (bicyclic) bond motifs is 3. The maximum Gasteiger partial charge on any atom is 0.0555 e. The van der Waals surface area contributed by atoms with Crippen LogP contribution in [0.25, 0.3) is 10.9 Å². The molecule has 2 nitrogen and oxygen atoms in total. The number of benzene rings is 1.